The van der Waals surface area contributed by atoms with E-state index in [4.69, 9.17) is 0 Å². The molecule has 0 heterocycles. The van der Waals surface area contributed by atoms with Gasteiger partial charge in [0.25, 0.3) is 0 Å². The fourth-order valence-electron chi connectivity index (χ4n) is 0.660. The van der Waals surface area contributed by atoms with Crippen molar-refractivity contribution >= 4 is 5.84 Å². The first-order valence-electron chi connectivity index (χ1n) is 3.64. The Balaban J connectivity index is 3.90. The minimum atomic E-state index is 0.363. The summed E-state index contributed by atoms with van der Waals surface area (Å²) >= 11 is 0. The molecular weight excluding hydrogens is 124 g/mol. The number of hydrogen-bond acceptors (Lipinski definition) is 1. The van der Waals surface area contributed by atoms with Crippen LogP contribution >= 0.6 is 0 Å². The van der Waals surface area contributed by atoms with Crippen molar-refractivity contribution in [2.75, 3.05) is 0 Å². The molecule has 0 saturated heterocycles. The molecule has 0 radical (unpaired) electrons. The van der Waals surface area contributed by atoms with E-state index in [9.17, 15) is 0 Å². The Morgan fingerprint density at radius 3 is 2.60 bits per heavy atom. The lowest BCUT2D eigenvalue weighted by molar-refractivity contribution is 0.821. The van der Waals surface area contributed by atoms with E-state index >= 15 is 0 Å². The summed E-state index contributed by atoms with van der Waals surface area (Å²) in [7, 11) is 0. The summed E-state index contributed by atoms with van der Waals surface area (Å²) in [5, 5.41) is 2.98. The van der Waals surface area contributed by atoms with Gasteiger partial charge in [-0.1, -0.05) is 13.5 Å². The lowest BCUT2D eigenvalue weighted by atomic mass is 10.4. The number of aliphatic imine (C=N–C) groups is 1. The molecular formula is C8H16N2. The van der Waals surface area contributed by atoms with Crippen molar-refractivity contribution in [1.29, 1.82) is 0 Å². The largest absolute Gasteiger partial charge is 0.351 e. The van der Waals surface area contributed by atoms with Crippen LogP contribution in [0.15, 0.2) is 17.8 Å². The standard InChI is InChI=1S/C8H16N2/c1-5-8(9-6-2)10-7(3)4/h6-7H,2,5H2,1,3-4H3,(H,9,10). The minimum absolute atomic E-state index is 0.363. The summed E-state index contributed by atoms with van der Waals surface area (Å²) in [5.41, 5.74) is 0. The average molecular weight is 140 g/mol. The topological polar surface area (TPSA) is 24.4 Å². The third kappa shape index (κ3) is 4.13. The molecule has 0 aliphatic carbocycles. The van der Waals surface area contributed by atoms with E-state index in [-0.39, 0.29) is 0 Å². The molecule has 2 heteroatoms. The van der Waals surface area contributed by atoms with Gasteiger partial charge in [0.1, 0.15) is 5.84 Å². The van der Waals surface area contributed by atoms with Crippen molar-refractivity contribution in [2.45, 2.75) is 33.2 Å². The fourth-order valence-corrected chi connectivity index (χ4v) is 0.660. The Bertz CT molecular complexity index is 125. The van der Waals surface area contributed by atoms with Gasteiger partial charge in [-0.05, 0) is 20.0 Å². The predicted octanol–water partition coefficient (Wildman–Crippen LogP) is 1.94. The van der Waals surface area contributed by atoms with E-state index in [1.807, 2.05) is 0 Å². The molecule has 0 fully saturated rings. The molecule has 0 aromatic rings. The summed E-state index contributed by atoms with van der Waals surface area (Å²) in [4.78, 5) is 4.32. The summed E-state index contributed by atoms with van der Waals surface area (Å²) in [5.74, 6) is 1.00. The van der Waals surface area contributed by atoms with Crippen LogP contribution in [0.2, 0.25) is 0 Å². The van der Waals surface area contributed by atoms with Crippen LogP contribution in [0.25, 0.3) is 0 Å². The fraction of sp³-hybridized carbons (Fsp3) is 0.625. The van der Waals surface area contributed by atoms with Gasteiger partial charge >= 0.3 is 0 Å². The normalized spacial score (nSPS) is 11.8. The zero-order valence-electron chi connectivity index (χ0n) is 7.02. The number of nitrogens with zero attached hydrogens (tertiary/aromatic N) is 1. The second-order valence-electron chi connectivity index (χ2n) is 2.37. The van der Waals surface area contributed by atoms with E-state index in [1.54, 1.807) is 6.20 Å². The molecule has 0 atom stereocenters. The van der Waals surface area contributed by atoms with Crippen LogP contribution in [0.5, 0.6) is 0 Å². The molecule has 0 saturated carbocycles. The van der Waals surface area contributed by atoms with E-state index in [0.717, 1.165) is 12.3 Å². The molecule has 58 valence electrons. The van der Waals surface area contributed by atoms with Gasteiger partial charge in [0.05, 0.1) is 0 Å². The molecule has 0 rings (SSSR count). The third-order valence-electron chi connectivity index (χ3n) is 1.02. The maximum absolute atomic E-state index is 4.32. The van der Waals surface area contributed by atoms with E-state index in [2.05, 4.69) is 37.7 Å². The Labute approximate surface area is 63.0 Å². The number of rotatable bonds is 3. The predicted molar refractivity (Wildman–Crippen MR) is 46.2 cm³/mol. The van der Waals surface area contributed by atoms with Gasteiger partial charge in [-0.25, -0.2) is 0 Å². The lowest BCUT2D eigenvalue weighted by Crippen LogP contribution is -2.17. The van der Waals surface area contributed by atoms with Gasteiger partial charge in [0, 0.05) is 12.5 Å². The smallest absolute Gasteiger partial charge is 0.100 e. The molecule has 0 aliphatic heterocycles. The van der Waals surface area contributed by atoms with Crippen LogP contribution in [0.3, 0.4) is 0 Å². The number of nitrogens with one attached hydrogen (secondary N) is 1. The Morgan fingerprint density at radius 1 is 1.70 bits per heavy atom. The molecule has 0 spiro atoms. The first-order valence-corrected chi connectivity index (χ1v) is 3.64. The van der Waals surface area contributed by atoms with Crippen molar-refractivity contribution in [3.8, 4) is 0 Å². The van der Waals surface area contributed by atoms with Crippen LogP contribution in [-0.4, -0.2) is 11.9 Å². The zero-order chi connectivity index (χ0) is 7.98. The van der Waals surface area contributed by atoms with Gasteiger partial charge in [-0.2, -0.15) is 0 Å². The van der Waals surface area contributed by atoms with Crippen molar-refractivity contribution in [3.05, 3.63) is 12.8 Å². The van der Waals surface area contributed by atoms with Crippen molar-refractivity contribution in [1.82, 2.24) is 5.32 Å². The minimum Gasteiger partial charge on any atom is -0.351 e. The summed E-state index contributed by atoms with van der Waals surface area (Å²) in [6, 6.07) is 0.363. The zero-order valence-corrected chi connectivity index (χ0v) is 7.02. The maximum Gasteiger partial charge on any atom is 0.100 e. The lowest BCUT2D eigenvalue weighted by Gasteiger charge is -2.04. The second-order valence-corrected chi connectivity index (χ2v) is 2.37. The van der Waals surface area contributed by atoms with Crippen LogP contribution < -0.4 is 5.32 Å². The maximum atomic E-state index is 4.32. The monoisotopic (exact) mass is 140 g/mol. The van der Waals surface area contributed by atoms with Gasteiger partial charge in [0.15, 0.2) is 0 Å². The highest BCUT2D eigenvalue weighted by molar-refractivity contribution is 5.82. The van der Waals surface area contributed by atoms with Crippen LogP contribution in [0, 0.1) is 0 Å². The van der Waals surface area contributed by atoms with Crippen LogP contribution in [0.1, 0.15) is 27.2 Å². The molecule has 2 nitrogen and oxygen atoms in total. The van der Waals surface area contributed by atoms with E-state index in [1.165, 1.54) is 0 Å². The number of hydrogen-bond donors (Lipinski definition) is 1. The molecule has 0 aromatic heterocycles. The molecule has 10 heavy (non-hydrogen) atoms. The van der Waals surface area contributed by atoms with Gasteiger partial charge in [-0.15, -0.1) is 0 Å². The average Bonchev–Trinajstić information content (AvgIpc) is 1.86. The first kappa shape index (κ1) is 9.21. The summed E-state index contributed by atoms with van der Waals surface area (Å²) < 4.78 is 0. The number of amidine groups is 1. The third-order valence-corrected chi connectivity index (χ3v) is 1.02. The molecule has 1 N–H and O–H groups in total. The van der Waals surface area contributed by atoms with Crippen LogP contribution in [0.4, 0.5) is 0 Å². The van der Waals surface area contributed by atoms with Crippen molar-refractivity contribution in [3.63, 3.8) is 0 Å². The summed E-state index contributed by atoms with van der Waals surface area (Å²) in [6.45, 7) is 9.74. The molecule has 0 unspecified atom stereocenters. The molecule has 0 aromatic carbocycles. The molecule has 0 aliphatic rings. The second kappa shape index (κ2) is 5.03. The van der Waals surface area contributed by atoms with E-state index in [0.29, 0.717) is 6.04 Å². The highest BCUT2D eigenvalue weighted by Crippen LogP contribution is 1.89. The highest BCUT2D eigenvalue weighted by atomic mass is 15.0. The van der Waals surface area contributed by atoms with E-state index < -0.39 is 0 Å². The molecule has 0 bridgehead atoms. The Morgan fingerprint density at radius 2 is 2.30 bits per heavy atom. The summed E-state index contributed by atoms with van der Waals surface area (Å²) in [6.07, 6.45) is 2.59. The van der Waals surface area contributed by atoms with Crippen LogP contribution in [-0.2, 0) is 0 Å². The van der Waals surface area contributed by atoms with Gasteiger partial charge < -0.3 is 5.32 Å². The highest BCUT2D eigenvalue weighted by Gasteiger charge is 1.92. The quantitative estimate of drug-likeness (QED) is 0.470. The van der Waals surface area contributed by atoms with Gasteiger partial charge in [-0.3, -0.25) is 4.99 Å². The first-order chi connectivity index (χ1) is 4.70. The Hall–Kier alpha value is -0.790. The Kier molecular flexibility index (Phi) is 4.63. The molecule has 0 amide bonds. The van der Waals surface area contributed by atoms with Gasteiger partial charge in [0.2, 0.25) is 0 Å². The van der Waals surface area contributed by atoms with Crippen molar-refractivity contribution in [2.24, 2.45) is 4.99 Å². The van der Waals surface area contributed by atoms with Crippen molar-refractivity contribution < 1.29 is 0 Å². The SMILES string of the molecule is C=CNC(CC)=NC(C)C.